The highest BCUT2D eigenvalue weighted by Crippen LogP contribution is 2.35. The summed E-state index contributed by atoms with van der Waals surface area (Å²) in [6.45, 7) is 15.2. The van der Waals surface area contributed by atoms with Gasteiger partial charge in [0.15, 0.2) is 5.78 Å². The predicted octanol–water partition coefficient (Wildman–Crippen LogP) is 9.09. The Hall–Kier alpha value is -4.10. The van der Waals surface area contributed by atoms with E-state index in [0.29, 0.717) is 17.5 Å². The van der Waals surface area contributed by atoms with Crippen LogP contribution in [0.5, 0.6) is 0 Å². The first-order chi connectivity index (χ1) is 21.6. The van der Waals surface area contributed by atoms with Crippen molar-refractivity contribution in [2.24, 2.45) is 5.16 Å². The maximum Gasteiger partial charge on any atom is 0.331 e. The van der Waals surface area contributed by atoms with Crippen LogP contribution in [0.25, 0.3) is 0 Å². The number of benzene rings is 3. The van der Waals surface area contributed by atoms with Gasteiger partial charge in [-0.1, -0.05) is 64.2 Å². The summed E-state index contributed by atoms with van der Waals surface area (Å²) in [5.41, 5.74) is 4.71. The standard InChI is InChI=1S/C38H49N3O4/c1-8-12-13-14-15-35(39-45-28(5)42)36(43)30-18-24-33(25-19-30)41(32-22-16-29(9-2)17-23-32)34-26-20-31(21-27-34)37(44)38(6,7)40(10-3)11-4/h16-27H,8-15H2,1-7H3/b39-35+. The van der Waals surface area contributed by atoms with Crippen LogP contribution < -0.4 is 4.90 Å². The van der Waals surface area contributed by atoms with E-state index < -0.39 is 11.5 Å². The van der Waals surface area contributed by atoms with Gasteiger partial charge in [0.25, 0.3) is 0 Å². The van der Waals surface area contributed by atoms with Crippen molar-refractivity contribution in [1.82, 2.24) is 4.90 Å². The van der Waals surface area contributed by atoms with Gasteiger partial charge in [0.1, 0.15) is 5.71 Å². The Kier molecular flexibility index (Phi) is 13.2. The van der Waals surface area contributed by atoms with Crippen LogP contribution in [0.15, 0.2) is 78.0 Å². The maximum atomic E-state index is 13.5. The number of carbonyl (C=O) groups is 3. The van der Waals surface area contributed by atoms with Crippen molar-refractivity contribution in [1.29, 1.82) is 0 Å². The summed E-state index contributed by atoms with van der Waals surface area (Å²) in [6, 6.07) is 23.5. The molecule has 0 spiro atoms. The Morgan fingerprint density at radius 2 is 1.22 bits per heavy atom. The quantitative estimate of drug-likeness (QED) is 0.0498. The van der Waals surface area contributed by atoms with Crippen LogP contribution in [0.4, 0.5) is 17.1 Å². The van der Waals surface area contributed by atoms with Gasteiger partial charge < -0.3 is 9.74 Å². The van der Waals surface area contributed by atoms with Crippen LogP contribution in [-0.4, -0.2) is 46.8 Å². The van der Waals surface area contributed by atoms with Crippen molar-refractivity contribution in [2.75, 3.05) is 18.0 Å². The lowest BCUT2D eigenvalue weighted by Crippen LogP contribution is -2.49. The maximum absolute atomic E-state index is 13.5. The first kappa shape index (κ1) is 35.4. The number of hydrogen-bond donors (Lipinski definition) is 0. The molecule has 0 heterocycles. The van der Waals surface area contributed by atoms with Gasteiger partial charge in [-0.3, -0.25) is 14.5 Å². The van der Waals surface area contributed by atoms with Crippen molar-refractivity contribution in [3.05, 3.63) is 89.5 Å². The van der Waals surface area contributed by atoms with E-state index in [-0.39, 0.29) is 17.3 Å². The number of likely N-dealkylation sites (N-methyl/N-ethyl adjacent to an activating group) is 1. The minimum absolute atomic E-state index is 0.0837. The lowest BCUT2D eigenvalue weighted by atomic mass is 9.91. The van der Waals surface area contributed by atoms with Gasteiger partial charge in [0.2, 0.25) is 5.78 Å². The molecule has 45 heavy (non-hydrogen) atoms. The van der Waals surface area contributed by atoms with E-state index in [1.165, 1.54) is 12.5 Å². The molecule has 0 atom stereocenters. The molecule has 0 bridgehead atoms. The Labute approximate surface area is 269 Å². The van der Waals surface area contributed by atoms with Crippen LogP contribution in [0.2, 0.25) is 0 Å². The van der Waals surface area contributed by atoms with Crippen molar-refractivity contribution >= 4 is 40.3 Å². The summed E-state index contributed by atoms with van der Waals surface area (Å²) in [5, 5.41) is 3.90. The molecule has 0 unspecified atom stereocenters. The van der Waals surface area contributed by atoms with Crippen LogP contribution >= 0.6 is 0 Å². The topological polar surface area (TPSA) is 79.3 Å². The van der Waals surface area contributed by atoms with Crippen molar-refractivity contribution < 1.29 is 19.2 Å². The van der Waals surface area contributed by atoms with Gasteiger partial charge in [0, 0.05) is 35.1 Å². The molecule has 3 aromatic carbocycles. The highest BCUT2D eigenvalue weighted by Gasteiger charge is 2.33. The smallest absolute Gasteiger partial charge is 0.318 e. The summed E-state index contributed by atoms with van der Waals surface area (Å²) < 4.78 is 0. The summed E-state index contributed by atoms with van der Waals surface area (Å²) in [6.07, 6.45) is 5.30. The summed E-state index contributed by atoms with van der Waals surface area (Å²) in [5.74, 6) is -0.726. The number of anilines is 3. The van der Waals surface area contributed by atoms with Crippen LogP contribution in [0.1, 0.15) is 107 Å². The number of Topliss-reactive ketones (excluding diaryl/α,β-unsaturated/α-hetero) is 2. The summed E-state index contributed by atoms with van der Waals surface area (Å²) >= 11 is 0. The molecule has 0 amide bonds. The molecule has 0 saturated heterocycles. The zero-order chi connectivity index (χ0) is 33.0. The monoisotopic (exact) mass is 611 g/mol. The zero-order valence-electron chi connectivity index (χ0n) is 28.1. The number of hydrogen-bond acceptors (Lipinski definition) is 7. The third-order valence-electron chi connectivity index (χ3n) is 8.30. The van der Waals surface area contributed by atoms with Gasteiger partial charge in [-0.25, -0.2) is 4.79 Å². The fraction of sp³-hybridized carbons (Fsp3) is 0.421. The van der Waals surface area contributed by atoms with E-state index >= 15 is 0 Å². The van der Waals surface area contributed by atoms with Crippen molar-refractivity contribution in [3.63, 3.8) is 0 Å². The highest BCUT2D eigenvalue weighted by molar-refractivity contribution is 6.45. The second-order valence-corrected chi connectivity index (χ2v) is 11.8. The lowest BCUT2D eigenvalue weighted by molar-refractivity contribution is -0.140. The Bertz CT molecular complexity index is 1440. The van der Waals surface area contributed by atoms with E-state index in [0.717, 1.165) is 62.3 Å². The van der Waals surface area contributed by atoms with Gasteiger partial charge in [-0.05, 0) is 112 Å². The predicted molar refractivity (Wildman–Crippen MR) is 184 cm³/mol. The lowest BCUT2D eigenvalue weighted by Gasteiger charge is -2.36. The zero-order valence-corrected chi connectivity index (χ0v) is 28.1. The van der Waals surface area contributed by atoms with E-state index in [2.05, 4.69) is 66.9 Å². The molecule has 3 rings (SSSR count). The van der Waals surface area contributed by atoms with E-state index in [1.807, 2.05) is 50.2 Å². The molecule has 240 valence electrons. The Balaban J connectivity index is 1.96. The Morgan fingerprint density at radius 1 is 0.711 bits per heavy atom. The summed E-state index contributed by atoms with van der Waals surface area (Å²) in [7, 11) is 0. The molecule has 0 aliphatic carbocycles. The van der Waals surface area contributed by atoms with Gasteiger partial charge >= 0.3 is 5.97 Å². The van der Waals surface area contributed by atoms with E-state index in [9.17, 15) is 14.4 Å². The van der Waals surface area contributed by atoms with Crippen molar-refractivity contribution in [3.8, 4) is 0 Å². The minimum atomic E-state index is -0.614. The number of rotatable bonds is 17. The first-order valence-electron chi connectivity index (χ1n) is 16.2. The number of unbranched alkanes of at least 4 members (excludes halogenated alkanes) is 3. The highest BCUT2D eigenvalue weighted by atomic mass is 16.7. The third-order valence-corrected chi connectivity index (χ3v) is 8.30. The van der Waals surface area contributed by atoms with Crippen molar-refractivity contribution in [2.45, 2.75) is 92.5 Å². The van der Waals surface area contributed by atoms with E-state index in [4.69, 9.17) is 4.84 Å². The molecule has 7 heteroatoms. The first-order valence-corrected chi connectivity index (χ1v) is 16.2. The number of nitrogens with zero attached hydrogens (tertiary/aromatic N) is 3. The summed E-state index contributed by atoms with van der Waals surface area (Å²) in [4.78, 5) is 47.5. The van der Waals surface area contributed by atoms with Crippen LogP contribution in [0.3, 0.4) is 0 Å². The van der Waals surface area contributed by atoms with Crippen LogP contribution in [-0.2, 0) is 16.1 Å². The average Bonchev–Trinajstić information content (AvgIpc) is 3.05. The fourth-order valence-corrected chi connectivity index (χ4v) is 5.57. The second-order valence-electron chi connectivity index (χ2n) is 11.8. The molecule has 7 nitrogen and oxygen atoms in total. The number of oxime groups is 1. The largest absolute Gasteiger partial charge is 0.331 e. The molecule has 0 aliphatic rings. The molecule has 0 aromatic heterocycles. The van der Waals surface area contributed by atoms with Crippen LogP contribution in [0, 0.1) is 0 Å². The molecule has 0 aliphatic heterocycles. The average molecular weight is 612 g/mol. The molecule has 3 aromatic rings. The fourth-order valence-electron chi connectivity index (χ4n) is 5.57. The number of carbonyl (C=O) groups excluding carboxylic acids is 3. The normalized spacial score (nSPS) is 11.9. The molecular formula is C38H49N3O4. The van der Waals surface area contributed by atoms with E-state index in [1.54, 1.807) is 12.1 Å². The molecule has 0 fully saturated rings. The number of ketones is 2. The number of aryl methyl sites for hydroxylation is 1. The second kappa shape index (κ2) is 16.8. The minimum Gasteiger partial charge on any atom is -0.318 e. The molecule has 0 N–H and O–H groups in total. The van der Waals surface area contributed by atoms with Gasteiger partial charge in [-0.2, -0.15) is 0 Å². The third kappa shape index (κ3) is 9.21. The van der Waals surface area contributed by atoms with Gasteiger partial charge in [-0.15, -0.1) is 0 Å². The molecule has 0 saturated carbocycles. The Morgan fingerprint density at radius 3 is 1.69 bits per heavy atom. The van der Waals surface area contributed by atoms with Gasteiger partial charge in [0.05, 0.1) is 5.54 Å². The molecular weight excluding hydrogens is 562 g/mol. The SMILES string of the molecule is CCCCCC/C(=N\OC(C)=O)C(=O)c1ccc(N(c2ccc(CC)cc2)c2ccc(C(=O)C(C)(C)N(CC)CC)cc2)cc1. The molecule has 0 radical (unpaired) electrons.